The van der Waals surface area contributed by atoms with Crippen molar-refractivity contribution >= 4 is 54.3 Å². The number of nitrogens with zero attached hydrogens (tertiary/aromatic N) is 1. The summed E-state index contributed by atoms with van der Waals surface area (Å²) in [4.78, 5) is 14.8. The number of carbonyl (C=O) groups is 1. The van der Waals surface area contributed by atoms with Crippen molar-refractivity contribution < 1.29 is 18.3 Å². The van der Waals surface area contributed by atoms with Crippen molar-refractivity contribution in [1.82, 2.24) is 4.98 Å². The summed E-state index contributed by atoms with van der Waals surface area (Å²) in [6.07, 6.45) is 0. The Morgan fingerprint density at radius 2 is 2.21 bits per heavy atom. The lowest BCUT2D eigenvalue weighted by atomic mass is 10.3. The molecule has 0 aliphatic rings. The van der Waals surface area contributed by atoms with Gasteiger partial charge in [0.1, 0.15) is 0 Å². The molecule has 19 heavy (non-hydrogen) atoms. The topological polar surface area (TPSA) is 96.4 Å². The number of rotatable bonds is 4. The second-order valence-electron chi connectivity index (χ2n) is 3.76. The molecule has 0 fully saturated rings. The van der Waals surface area contributed by atoms with Gasteiger partial charge in [0.2, 0.25) is 10.0 Å². The predicted octanol–water partition coefficient (Wildman–Crippen LogP) is 2.16. The monoisotopic (exact) mass is 320 g/mol. The highest BCUT2D eigenvalue weighted by atomic mass is 35.5. The molecule has 9 heteroatoms. The fraction of sp³-hybridized carbons (Fsp3) is 0.200. The second kappa shape index (κ2) is 4.95. The molecule has 1 aromatic heterocycles. The standard InChI is InChI=1S/C10H9ClN2O4S2/c1-5(9(14)15)19(16,17)13-10-12-7-3-2-6(11)4-8(7)18-10/h2-5H,1H3,(H,12,13)(H,14,15). The number of benzene rings is 1. The summed E-state index contributed by atoms with van der Waals surface area (Å²) in [6, 6.07) is 4.96. The summed E-state index contributed by atoms with van der Waals surface area (Å²) < 4.78 is 26.3. The highest BCUT2D eigenvalue weighted by Gasteiger charge is 2.28. The number of halogens is 1. The quantitative estimate of drug-likeness (QED) is 0.900. The number of carboxylic acid groups (broad SMARTS) is 1. The molecule has 1 heterocycles. The molecular weight excluding hydrogens is 312 g/mol. The van der Waals surface area contributed by atoms with E-state index in [0.717, 1.165) is 18.3 Å². The first-order chi connectivity index (χ1) is 8.79. The minimum Gasteiger partial charge on any atom is -0.480 e. The Bertz CT molecular complexity index is 741. The summed E-state index contributed by atoms with van der Waals surface area (Å²) in [5.41, 5.74) is 0.593. The Kier molecular flexibility index (Phi) is 3.66. The highest BCUT2D eigenvalue weighted by Crippen LogP contribution is 2.29. The number of fused-ring (bicyclic) bond motifs is 1. The molecule has 2 N–H and O–H groups in total. The molecule has 0 saturated heterocycles. The number of nitrogens with one attached hydrogen (secondary N) is 1. The second-order valence-corrected chi connectivity index (χ2v) is 7.23. The summed E-state index contributed by atoms with van der Waals surface area (Å²) >= 11 is 6.90. The van der Waals surface area contributed by atoms with E-state index in [1.165, 1.54) is 0 Å². The van der Waals surface area contributed by atoms with Crippen molar-refractivity contribution in [1.29, 1.82) is 0 Å². The van der Waals surface area contributed by atoms with E-state index in [1.807, 2.05) is 0 Å². The van der Waals surface area contributed by atoms with E-state index in [-0.39, 0.29) is 5.13 Å². The third kappa shape index (κ3) is 2.96. The van der Waals surface area contributed by atoms with Gasteiger partial charge in [-0.2, -0.15) is 0 Å². The van der Waals surface area contributed by atoms with Crippen LogP contribution in [-0.4, -0.2) is 29.7 Å². The maximum absolute atomic E-state index is 11.7. The zero-order valence-electron chi connectivity index (χ0n) is 9.62. The van der Waals surface area contributed by atoms with E-state index in [4.69, 9.17) is 16.7 Å². The molecule has 0 amide bonds. The lowest BCUT2D eigenvalue weighted by Crippen LogP contribution is -2.31. The molecule has 1 unspecified atom stereocenters. The van der Waals surface area contributed by atoms with Gasteiger partial charge < -0.3 is 5.11 Å². The Labute approximate surface area is 118 Å². The van der Waals surface area contributed by atoms with Crippen molar-refractivity contribution in [2.75, 3.05) is 4.72 Å². The van der Waals surface area contributed by atoms with Crippen molar-refractivity contribution in [2.45, 2.75) is 12.2 Å². The van der Waals surface area contributed by atoms with Crippen LogP contribution < -0.4 is 4.72 Å². The van der Waals surface area contributed by atoms with Crippen LogP contribution in [0.5, 0.6) is 0 Å². The summed E-state index contributed by atoms with van der Waals surface area (Å²) in [5, 5.41) is 7.80. The van der Waals surface area contributed by atoms with E-state index in [9.17, 15) is 13.2 Å². The molecule has 2 rings (SSSR count). The third-order valence-electron chi connectivity index (χ3n) is 2.39. The van der Waals surface area contributed by atoms with Crippen LogP contribution in [0.3, 0.4) is 0 Å². The molecule has 1 atom stereocenters. The molecule has 1 aromatic carbocycles. The van der Waals surface area contributed by atoms with E-state index in [1.54, 1.807) is 18.2 Å². The summed E-state index contributed by atoms with van der Waals surface area (Å²) in [6.45, 7) is 1.09. The maximum Gasteiger partial charge on any atom is 0.323 e. The van der Waals surface area contributed by atoms with Crippen LogP contribution in [0.2, 0.25) is 5.02 Å². The first-order valence-corrected chi connectivity index (χ1v) is 7.84. The number of aliphatic carboxylic acids is 1. The van der Waals surface area contributed by atoms with Crippen molar-refractivity contribution in [2.24, 2.45) is 0 Å². The molecular formula is C10H9ClN2O4S2. The van der Waals surface area contributed by atoms with Crippen LogP contribution in [-0.2, 0) is 14.8 Å². The van der Waals surface area contributed by atoms with Gasteiger partial charge >= 0.3 is 5.97 Å². The van der Waals surface area contributed by atoms with Crippen LogP contribution >= 0.6 is 22.9 Å². The zero-order valence-corrected chi connectivity index (χ0v) is 12.0. The number of aromatic nitrogens is 1. The molecule has 0 spiro atoms. The first-order valence-electron chi connectivity index (χ1n) is 5.10. The van der Waals surface area contributed by atoms with Crippen LogP contribution in [0, 0.1) is 0 Å². The van der Waals surface area contributed by atoms with Gasteiger partial charge in [0.05, 0.1) is 10.2 Å². The number of thiazole rings is 1. The Hall–Kier alpha value is -1.38. The van der Waals surface area contributed by atoms with Gasteiger partial charge in [-0.1, -0.05) is 22.9 Å². The maximum atomic E-state index is 11.7. The van der Waals surface area contributed by atoms with Crippen molar-refractivity contribution in [3.63, 3.8) is 0 Å². The van der Waals surface area contributed by atoms with Crippen LogP contribution in [0.25, 0.3) is 10.2 Å². The average molecular weight is 321 g/mol. The van der Waals surface area contributed by atoms with Crippen LogP contribution in [0.1, 0.15) is 6.92 Å². The Morgan fingerprint density at radius 1 is 1.53 bits per heavy atom. The van der Waals surface area contributed by atoms with E-state index in [2.05, 4.69) is 9.71 Å². The molecule has 0 radical (unpaired) electrons. The molecule has 102 valence electrons. The highest BCUT2D eigenvalue weighted by molar-refractivity contribution is 7.94. The molecule has 2 aromatic rings. The Morgan fingerprint density at radius 3 is 2.84 bits per heavy atom. The van der Waals surface area contributed by atoms with Gasteiger partial charge in [-0.3, -0.25) is 9.52 Å². The number of anilines is 1. The SMILES string of the molecule is CC(C(=O)O)S(=O)(=O)Nc1nc2ccc(Cl)cc2s1. The summed E-state index contributed by atoms with van der Waals surface area (Å²) in [7, 11) is -4.00. The fourth-order valence-electron chi connectivity index (χ4n) is 1.28. The number of carboxylic acids is 1. The first kappa shape index (κ1) is 14.0. The molecule has 0 bridgehead atoms. The van der Waals surface area contributed by atoms with Crippen molar-refractivity contribution in [3.05, 3.63) is 23.2 Å². The lowest BCUT2D eigenvalue weighted by Gasteiger charge is -2.08. The smallest absolute Gasteiger partial charge is 0.323 e. The predicted molar refractivity (Wildman–Crippen MR) is 74.3 cm³/mol. The molecule has 0 saturated carbocycles. The van der Waals surface area contributed by atoms with Gasteiger partial charge in [-0.25, -0.2) is 13.4 Å². The van der Waals surface area contributed by atoms with Gasteiger partial charge in [0.15, 0.2) is 10.4 Å². The van der Waals surface area contributed by atoms with E-state index < -0.39 is 21.2 Å². The largest absolute Gasteiger partial charge is 0.480 e. The lowest BCUT2D eigenvalue weighted by molar-refractivity contribution is -0.136. The average Bonchev–Trinajstić information content (AvgIpc) is 2.68. The zero-order chi connectivity index (χ0) is 14.2. The van der Waals surface area contributed by atoms with E-state index >= 15 is 0 Å². The molecule has 0 aliphatic carbocycles. The number of sulfonamides is 1. The Balaban J connectivity index is 2.34. The van der Waals surface area contributed by atoms with Gasteiger partial charge in [0.25, 0.3) is 0 Å². The molecule has 6 nitrogen and oxygen atoms in total. The minimum atomic E-state index is -4.00. The number of hydrogen-bond acceptors (Lipinski definition) is 5. The number of hydrogen-bond donors (Lipinski definition) is 2. The van der Waals surface area contributed by atoms with Crippen molar-refractivity contribution in [3.8, 4) is 0 Å². The minimum absolute atomic E-state index is 0.116. The van der Waals surface area contributed by atoms with Gasteiger partial charge in [0, 0.05) is 5.02 Å². The summed E-state index contributed by atoms with van der Waals surface area (Å²) in [5.74, 6) is -1.42. The van der Waals surface area contributed by atoms with Gasteiger partial charge in [-0.15, -0.1) is 0 Å². The fourth-order valence-corrected chi connectivity index (χ4v) is 3.52. The normalized spacial score (nSPS) is 13.4. The van der Waals surface area contributed by atoms with E-state index in [0.29, 0.717) is 15.2 Å². The molecule has 0 aliphatic heterocycles. The van der Waals surface area contributed by atoms with Crippen LogP contribution in [0.4, 0.5) is 5.13 Å². The third-order valence-corrected chi connectivity index (χ3v) is 5.30. The van der Waals surface area contributed by atoms with Gasteiger partial charge in [-0.05, 0) is 25.1 Å². The van der Waals surface area contributed by atoms with Crippen LogP contribution in [0.15, 0.2) is 18.2 Å².